The van der Waals surface area contributed by atoms with E-state index in [1.54, 1.807) is 6.07 Å². The molecule has 0 radical (unpaired) electrons. The van der Waals surface area contributed by atoms with Crippen molar-refractivity contribution in [3.05, 3.63) is 24.0 Å². The molecule has 3 rings (SSSR count). The fourth-order valence-electron chi connectivity index (χ4n) is 3.26. The van der Waals surface area contributed by atoms with Gasteiger partial charge >= 0.3 is 0 Å². The molecule has 1 fully saturated rings. The van der Waals surface area contributed by atoms with Gasteiger partial charge in [-0.25, -0.2) is 18.2 Å². The first-order valence-corrected chi connectivity index (χ1v) is 8.39. The number of imidazole rings is 1. The van der Waals surface area contributed by atoms with Gasteiger partial charge in [-0.2, -0.15) is 0 Å². The molecular weight excluding hydrogens is 331 g/mol. The van der Waals surface area contributed by atoms with E-state index in [0.717, 1.165) is 24.8 Å². The third-order valence-electron chi connectivity index (χ3n) is 5.05. The van der Waals surface area contributed by atoms with Gasteiger partial charge in [0.05, 0.1) is 11.0 Å². The number of fused-ring (bicyclic) bond motifs is 1. The van der Waals surface area contributed by atoms with Crippen LogP contribution in [-0.2, 0) is 10.3 Å². The largest absolute Gasteiger partial charge is 0.304 e. The van der Waals surface area contributed by atoms with Gasteiger partial charge < -0.3 is 4.57 Å². The molecule has 1 aromatic heterocycles. The summed E-state index contributed by atoms with van der Waals surface area (Å²) in [6.07, 6.45) is -0.0276. The summed E-state index contributed by atoms with van der Waals surface area (Å²) in [4.78, 5) is 16.6. The second kappa shape index (κ2) is 6.04. The minimum Gasteiger partial charge on any atom is -0.304 e. The van der Waals surface area contributed by atoms with E-state index in [1.165, 1.54) is 26.0 Å². The molecule has 2 aromatic rings. The van der Waals surface area contributed by atoms with Gasteiger partial charge in [0.15, 0.2) is 0 Å². The highest BCUT2D eigenvalue weighted by Crippen LogP contribution is 2.43. The third kappa shape index (κ3) is 3.24. The van der Waals surface area contributed by atoms with Crippen molar-refractivity contribution in [2.24, 2.45) is 5.41 Å². The zero-order valence-electron chi connectivity index (χ0n) is 14.6. The van der Waals surface area contributed by atoms with Gasteiger partial charge in [-0.1, -0.05) is 13.8 Å². The van der Waals surface area contributed by atoms with Crippen molar-refractivity contribution in [1.82, 2.24) is 9.55 Å². The molecule has 0 aliphatic heterocycles. The number of carbonyl (C=O) groups excluding carboxylic acids is 1. The van der Waals surface area contributed by atoms with E-state index < -0.39 is 23.6 Å². The Morgan fingerprint density at radius 1 is 1.40 bits per heavy atom. The van der Waals surface area contributed by atoms with Crippen LogP contribution in [0.25, 0.3) is 11.0 Å². The second-order valence-electron chi connectivity index (χ2n) is 7.77. The number of hydrogen-bond donors (Lipinski definition) is 1. The molecule has 1 N–H and O–H groups in total. The average molecular weight is 353 g/mol. The van der Waals surface area contributed by atoms with Gasteiger partial charge in [-0.15, -0.1) is 0 Å². The molecule has 1 amide bonds. The molecule has 7 heteroatoms. The Hall–Kier alpha value is -2.05. The van der Waals surface area contributed by atoms with Crippen LogP contribution in [0.5, 0.6) is 0 Å². The Morgan fingerprint density at radius 3 is 2.64 bits per heavy atom. The van der Waals surface area contributed by atoms with E-state index in [-0.39, 0.29) is 17.9 Å². The Morgan fingerprint density at radius 2 is 2.08 bits per heavy atom. The van der Waals surface area contributed by atoms with Crippen LogP contribution in [0.4, 0.5) is 19.1 Å². The molecule has 0 spiro atoms. The van der Waals surface area contributed by atoms with E-state index in [2.05, 4.69) is 17.2 Å². The Labute approximate surface area is 144 Å². The summed E-state index contributed by atoms with van der Waals surface area (Å²) in [5.74, 6) is -0.643. The molecule has 1 aliphatic rings. The van der Waals surface area contributed by atoms with Crippen molar-refractivity contribution in [3.8, 4) is 0 Å². The SMILES string of the molecule is CC(C)(CC(=O)Nc1nc2cc(F)ccc2n1C1(C)CCC1)C(F)F. The van der Waals surface area contributed by atoms with Crippen molar-refractivity contribution in [1.29, 1.82) is 0 Å². The summed E-state index contributed by atoms with van der Waals surface area (Å²) >= 11 is 0. The maximum atomic E-state index is 13.5. The molecule has 0 unspecified atom stereocenters. The van der Waals surface area contributed by atoms with Crippen molar-refractivity contribution in [3.63, 3.8) is 0 Å². The first-order chi connectivity index (χ1) is 11.6. The molecule has 1 heterocycles. The summed E-state index contributed by atoms with van der Waals surface area (Å²) in [7, 11) is 0. The summed E-state index contributed by atoms with van der Waals surface area (Å²) in [5.41, 5.74) is -0.468. The van der Waals surface area contributed by atoms with Crippen LogP contribution in [0, 0.1) is 11.2 Å². The standard InChI is InChI=1S/C18H22F3N3O/c1-17(2,15(20)21)10-14(25)23-16-22-12-9-11(19)5-6-13(12)24(16)18(3)7-4-8-18/h5-6,9,15H,4,7-8,10H2,1-3H3,(H,22,23,25). The number of anilines is 1. The quantitative estimate of drug-likeness (QED) is 0.847. The van der Waals surface area contributed by atoms with Crippen LogP contribution in [0.2, 0.25) is 0 Å². The maximum absolute atomic E-state index is 13.5. The zero-order chi connectivity index (χ0) is 18.4. The molecule has 0 saturated heterocycles. The smallest absolute Gasteiger partial charge is 0.244 e. The van der Waals surface area contributed by atoms with Gasteiger partial charge in [-0.3, -0.25) is 10.1 Å². The number of nitrogens with one attached hydrogen (secondary N) is 1. The summed E-state index contributed by atoms with van der Waals surface area (Å²) in [6, 6.07) is 4.31. The average Bonchev–Trinajstić information content (AvgIpc) is 2.80. The molecule has 1 saturated carbocycles. The highest BCUT2D eigenvalue weighted by molar-refractivity contribution is 5.92. The first kappa shape index (κ1) is 17.8. The molecule has 0 atom stereocenters. The van der Waals surface area contributed by atoms with Gasteiger partial charge in [0.1, 0.15) is 5.82 Å². The lowest BCUT2D eigenvalue weighted by Gasteiger charge is -2.41. The highest BCUT2D eigenvalue weighted by atomic mass is 19.3. The molecule has 4 nitrogen and oxygen atoms in total. The van der Waals surface area contributed by atoms with Crippen molar-refractivity contribution >= 4 is 22.9 Å². The van der Waals surface area contributed by atoms with Gasteiger partial charge in [0, 0.05) is 23.4 Å². The first-order valence-electron chi connectivity index (χ1n) is 8.39. The van der Waals surface area contributed by atoms with Crippen LogP contribution in [-0.4, -0.2) is 21.9 Å². The van der Waals surface area contributed by atoms with E-state index in [9.17, 15) is 18.0 Å². The number of hydrogen-bond acceptors (Lipinski definition) is 2. The lowest BCUT2D eigenvalue weighted by molar-refractivity contribution is -0.120. The van der Waals surface area contributed by atoms with Crippen LogP contribution in [0.15, 0.2) is 18.2 Å². The van der Waals surface area contributed by atoms with E-state index in [0.29, 0.717) is 5.52 Å². The Balaban J connectivity index is 1.95. The van der Waals surface area contributed by atoms with E-state index in [4.69, 9.17) is 0 Å². The number of halogens is 3. The van der Waals surface area contributed by atoms with E-state index >= 15 is 0 Å². The van der Waals surface area contributed by atoms with Crippen LogP contribution in [0.1, 0.15) is 46.5 Å². The topological polar surface area (TPSA) is 46.9 Å². The normalized spacial score (nSPS) is 16.9. The predicted molar refractivity (Wildman–Crippen MR) is 90.2 cm³/mol. The second-order valence-corrected chi connectivity index (χ2v) is 7.77. The maximum Gasteiger partial charge on any atom is 0.244 e. The summed E-state index contributed by atoms with van der Waals surface area (Å²) in [5, 5.41) is 2.66. The molecule has 1 aromatic carbocycles. The molecule has 0 bridgehead atoms. The molecule has 1 aliphatic carbocycles. The predicted octanol–water partition coefficient (Wildman–Crippen LogP) is 4.69. The lowest BCUT2D eigenvalue weighted by atomic mass is 9.78. The van der Waals surface area contributed by atoms with E-state index in [1.807, 2.05) is 4.57 Å². The molecule has 25 heavy (non-hydrogen) atoms. The number of rotatable bonds is 5. The summed E-state index contributed by atoms with van der Waals surface area (Å²) < 4.78 is 41.5. The minimum absolute atomic E-state index is 0.215. The van der Waals surface area contributed by atoms with Crippen molar-refractivity contribution < 1.29 is 18.0 Å². The number of alkyl halides is 2. The fraction of sp³-hybridized carbons (Fsp3) is 0.556. The van der Waals surface area contributed by atoms with Gasteiger partial charge in [0.25, 0.3) is 0 Å². The minimum atomic E-state index is -2.60. The fourth-order valence-corrected chi connectivity index (χ4v) is 3.26. The molecule has 136 valence electrons. The number of amides is 1. The Bertz CT molecular complexity index is 809. The van der Waals surface area contributed by atoms with Crippen LogP contribution < -0.4 is 5.32 Å². The van der Waals surface area contributed by atoms with Gasteiger partial charge in [0.2, 0.25) is 18.3 Å². The van der Waals surface area contributed by atoms with Crippen molar-refractivity contribution in [2.75, 3.05) is 5.32 Å². The number of carbonyl (C=O) groups is 1. The van der Waals surface area contributed by atoms with Crippen molar-refractivity contribution in [2.45, 2.75) is 58.4 Å². The number of aromatic nitrogens is 2. The zero-order valence-corrected chi connectivity index (χ0v) is 14.6. The number of benzene rings is 1. The van der Waals surface area contributed by atoms with Crippen LogP contribution in [0.3, 0.4) is 0 Å². The number of nitrogens with zero attached hydrogens (tertiary/aromatic N) is 2. The third-order valence-corrected chi connectivity index (χ3v) is 5.05. The van der Waals surface area contributed by atoms with Crippen LogP contribution >= 0.6 is 0 Å². The Kier molecular flexibility index (Phi) is 4.29. The monoisotopic (exact) mass is 353 g/mol. The lowest BCUT2D eigenvalue weighted by Crippen LogP contribution is -2.38. The summed E-state index contributed by atoms with van der Waals surface area (Å²) in [6.45, 7) is 4.76. The highest BCUT2D eigenvalue weighted by Gasteiger charge is 2.38. The van der Waals surface area contributed by atoms with Gasteiger partial charge in [-0.05, 0) is 38.3 Å². The molecular formula is C18H22F3N3O.